The summed E-state index contributed by atoms with van der Waals surface area (Å²) in [6.45, 7) is 1.72. The number of ether oxygens (including phenoxy) is 3. The van der Waals surface area contributed by atoms with Crippen molar-refractivity contribution in [2.75, 3.05) is 20.8 Å². The Hall–Kier alpha value is -5.22. The molecule has 1 N–H and O–H groups in total. The maximum atomic E-state index is 13.6. The first-order chi connectivity index (χ1) is 21.3. The van der Waals surface area contributed by atoms with E-state index < -0.39 is 23.4 Å². The van der Waals surface area contributed by atoms with E-state index in [1.807, 2.05) is 0 Å². The van der Waals surface area contributed by atoms with Crippen LogP contribution in [0.4, 0.5) is 0 Å². The molecule has 10 nitrogen and oxygen atoms in total. The SMILES string of the molecule is CCOC(=O)C(OC(=O)c1cnc(OCc2ccccc2C(=NOC)C(=O)NC)c(Cl)c1)(c1ccccc1)c1ccccc1. The lowest BCUT2D eigenvalue weighted by atomic mass is 9.86. The maximum Gasteiger partial charge on any atom is 0.360 e. The lowest BCUT2D eigenvalue weighted by Crippen LogP contribution is -2.43. The van der Waals surface area contributed by atoms with E-state index in [1.165, 1.54) is 26.4 Å². The smallest absolute Gasteiger partial charge is 0.360 e. The third-order valence-corrected chi connectivity index (χ3v) is 6.74. The van der Waals surface area contributed by atoms with E-state index in [2.05, 4.69) is 15.5 Å². The van der Waals surface area contributed by atoms with Crippen molar-refractivity contribution in [2.24, 2.45) is 5.16 Å². The normalized spacial score (nSPS) is 11.3. The van der Waals surface area contributed by atoms with Gasteiger partial charge in [-0.1, -0.05) is 102 Å². The molecule has 1 heterocycles. The number of likely N-dealkylation sites (N-methyl/N-ethyl adjacent to an activating group) is 1. The summed E-state index contributed by atoms with van der Waals surface area (Å²) in [6, 6.07) is 25.6. The highest BCUT2D eigenvalue weighted by Crippen LogP contribution is 2.37. The topological polar surface area (TPSA) is 125 Å². The molecular formula is C33H30ClN3O7. The van der Waals surface area contributed by atoms with E-state index in [0.717, 1.165) is 0 Å². The Labute approximate surface area is 259 Å². The zero-order valence-electron chi connectivity index (χ0n) is 24.3. The van der Waals surface area contributed by atoms with E-state index in [0.29, 0.717) is 22.3 Å². The third-order valence-electron chi connectivity index (χ3n) is 6.47. The zero-order valence-corrected chi connectivity index (χ0v) is 25.0. The van der Waals surface area contributed by atoms with Crippen molar-refractivity contribution in [2.45, 2.75) is 19.1 Å². The van der Waals surface area contributed by atoms with Crippen LogP contribution in [0.25, 0.3) is 0 Å². The van der Waals surface area contributed by atoms with Gasteiger partial charge in [0.05, 0.1) is 12.2 Å². The van der Waals surface area contributed by atoms with Crippen LogP contribution in [0, 0.1) is 0 Å². The van der Waals surface area contributed by atoms with Crippen molar-refractivity contribution in [1.82, 2.24) is 10.3 Å². The van der Waals surface area contributed by atoms with Gasteiger partial charge in [0.15, 0.2) is 5.71 Å². The Morgan fingerprint density at radius 1 is 0.932 bits per heavy atom. The lowest BCUT2D eigenvalue weighted by Gasteiger charge is -2.32. The molecule has 4 aromatic rings. The van der Waals surface area contributed by atoms with Crippen LogP contribution in [0.15, 0.2) is 102 Å². The predicted molar refractivity (Wildman–Crippen MR) is 163 cm³/mol. The number of amides is 1. The molecule has 0 aliphatic rings. The van der Waals surface area contributed by atoms with E-state index >= 15 is 0 Å². The molecule has 226 valence electrons. The molecular weight excluding hydrogens is 586 g/mol. The van der Waals surface area contributed by atoms with Gasteiger partial charge in [0.25, 0.3) is 11.5 Å². The fraction of sp³-hybridized carbons (Fsp3) is 0.182. The first kappa shape index (κ1) is 31.7. The molecule has 0 aliphatic carbocycles. The van der Waals surface area contributed by atoms with E-state index in [-0.39, 0.29) is 35.4 Å². The van der Waals surface area contributed by atoms with Crippen molar-refractivity contribution < 1.29 is 33.4 Å². The molecule has 44 heavy (non-hydrogen) atoms. The monoisotopic (exact) mass is 615 g/mol. The average molecular weight is 616 g/mol. The van der Waals surface area contributed by atoms with Crippen LogP contribution >= 0.6 is 11.6 Å². The molecule has 0 aliphatic heterocycles. The molecule has 1 aromatic heterocycles. The minimum absolute atomic E-state index is 0.0163. The van der Waals surface area contributed by atoms with Gasteiger partial charge in [-0.25, -0.2) is 14.6 Å². The minimum Gasteiger partial charge on any atom is -0.472 e. The summed E-state index contributed by atoms with van der Waals surface area (Å²) in [7, 11) is 2.83. The van der Waals surface area contributed by atoms with Crippen LogP contribution in [0.3, 0.4) is 0 Å². The summed E-state index contributed by atoms with van der Waals surface area (Å²) in [5.74, 6) is -2.02. The number of nitrogens with zero attached hydrogens (tertiary/aromatic N) is 2. The van der Waals surface area contributed by atoms with Crippen LogP contribution in [0.5, 0.6) is 5.88 Å². The molecule has 0 spiro atoms. The molecule has 0 bridgehead atoms. The fourth-order valence-electron chi connectivity index (χ4n) is 4.43. The first-order valence-electron chi connectivity index (χ1n) is 13.6. The number of rotatable bonds is 12. The van der Waals surface area contributed by atoms with Gasteiger partial charge in [0, 0.05) is 29.9 Å². The van der Waals surface area contributed by atoms with Crippen LogP contribution in [-0.2, 0) is 36.1 Å². The van der Waals surface area contributed by atoms with E-state index in [4.69, 9.17) is 30.6 Å². The van der Waals surface area contributed by atoms with Crippen LogP contribution in [-0.4, -0.2) is 49.3 Å². The summed E-state index contributed by atoms with van der Waals surface area (Å²) in [4.78, 5) is 48.6. The number of benzene rings is 3. The van der Waals surface area contributed by atoms with E-state index in [9.17, 15) is 14.4 Å². The molecule has 0 fully saturated rings. The fourth-order valence-corrected chi connectivity index (χ4v) is 4.65. The number of carbonyl (C=O) groups excluding carboxylic acids is 3. The molecule has 0 saturated heterocycles. The summed E-state index contributed by atoms with van der Waals surface area (Å²) in [5, 5.41) is 6.40. The Balaban J connectivity index is 1.63. The Bertz CT molecular complexity index is 1610. The third kappa shape index (κ3) is 6.87. The Morgan fingerprint density at radius 2 is 1.55 bits per heavy atom. The van der Waals surface area contributed by atoms with Crippen molar-refractivity contribution in [3.63, 3.8) is 0 Å². The number of hydrogen-bond donors (Lipinski definition) is 1. The zero-order chi connectivity index (χ0) is 31.5. The molecule has 11 heteroatoms. The molecule has 0 saturated carbocycles. The van der Waals surface area contributed by atoms with Crippen molar-refractivity contribution >= 4 is 35.2 Å². The number of pyridine rings is 1. The molecule has 0 atom stereocenters. The standard InChI is InChI=1S/C33H30ClN3O7/c1-4-42-32(40)33(24-14-7-5-8-15-24,25-16-9-6-10-17-25)44-31(39)23-19-27(34)30(36-20-23)43-21-22-13-11-12-18-26(22)28(37-41-3)29(38)35-2/h5-20H,4,21H2,1-3H3,(H,35,38). The Kier molecular flexibility index (Phi) is 10.7. The summed E-state index contributed by atoms with van der Waals surface area (Å²) < 4.78 is 17.3. The van der Waals surface area contributed by atoms with Gasteiger partial charge in [0.2, 0.25) is 5.88 Å². The highest BCUT2D eigenvalue weighted by molar-refractivity contribution is 6.45. The summed E-state index contributed by atoms with van der Waals surface area (Å²) in [6.07, 6.45) is 1.24. The summed E-state index contributed by atoms with van der Waals surface area (Å²) in [5.41, 5.74) is 0.0615. The van der Waals surface area contributed by atoms with Crippen LogP contribution < -0.4 is 10.1 Å². The number of esters is 2. The van der Waals surface area contributed by atoms with Gasteiger partial charge in [0.1, 0.15) is 18.7 Å². The van der Waals surface area contributed by atoms with Crippen molar-refractivity contribution in [1.29, 1.82) is 0 Å². The second kappa shape index (κ2) is 14.8. The number of halogens is 1. The van der Waals surface area contributed by atoms with Gasteiger partial charge in [-0.2, -0.15) is 0 Å². The number of hydrogen-bond acceptors (Lipinski definition) is 9. The molecule has 0 radical (unpaired) electrons. The van der Waals surface area contributed by atoms with Crippen LogP contribution in [0.1, 0.15) is 39.5 Å². The first-order valence-corrected chi connectivity index (χ1v) is 13.9. The van der Waals surface area contributed by atoms with Gasteiger partial charge < -0.3 is 24.4 Å². The number of aromatic nitrogens is 1. The van der Waals surface area contributed by atoms with Crippen molar-refractivity contribution in [3.05, 3.63) is 130 Å². The maximum absolute atomic E-state index is 13.6. The van der Waals surface area contributed by atoms with Crippen molar-refractivity contribution in [3.8, 4) is 5.88 Å². The number of carbonyl (C=O) groups is 3. The lowest BCUT2D eigenvalue weighted by molar-refractivity contribution is -0.162. The average Bonchev–Trinajstić information content (AvgIpc) is 3.06. The second-order valence-corrected chi connectivity index (χ2v) is 9.59. The number of nitrogens with one attached hydrogen (secondary N) is 1. The molecule has 1 amide bonds. The highest BCUT2D eigenvalue weighted by atomic mass is 35.5. The minimum atomic E-state index is -1.90. The van der Waals surface area contributed by atoms with Gasteiger partial charge in [-0.3, -0.25) is 4.79 Å². The molecule has 3 aromatic carbocycles. The predicted octanol–water partition coefficient (Wildman–Crippen LogP) is 5.07. The van der Waals surface area contributed by atoms with Gasteiger partial charge in [-0.15, -0.1) is 0 Å². The quantitative estimate of drug-likeness (QED) is 0.133. The second-order valence-electron chi connectivity index (χ2n) is 9.18. The van der Waals surface area contributed by atoms with Gasteiger partial charge in [-0.05, 0) is 18.6 Å². The molecule has 0 unspecified atom stereocenters. The summed E-state index contributed by atoms with van der Waals surface area (Å²) >= 11 is 6.49. The molecule has 4 rings (SSSR count). The highest BCUT2D eigenvalue weighted by Gasteiger charge is 2.48. The van der Waals surface area contributed by atoms with E-state index in [1.54, 1.807) is 91.9 Å². The largest absolute Gasteiger partial charge is 0.472 e. The number of oxime groups is 1. The van der Waals surface area contributed by atoms with Gasteiger partial charge >= 0.3 is 11.9 Å². The Morgan fingerprint density at radius 3 is 2.11 bits per heavy atom. The van der Waals surface area contributed by atoms with Crippen LogP contribution in [0.2, 0.25) is 5.02 Å².